The van der Waals surface area contributed by atoms with E-state index in [1.54, 1.807) is 6.07 Å². The zero-order valence-electron chi connectivity index (χ0n) is 11.5. The molecule has 0 saturated heterocycles. The minimum Gasteiger partial charge on any atom is -0.274 e. The molecule has 0 saturated carbocycles. The average molecular weight is 265 g/mol. The maximum absolute atomic E-state index is 12.6. The van der Waals surface area contributed by atoms with E-state index in [1.807, 2.05) is 50.2 Å². The maximum atomic E-state index is 12.6. The summed E-state index contributed by atoms with van der Waals surface area (Å²) in [6, 6.07) is 13.0. The van der Waals surface area contributed by atoms with E-state index >= 15 is 0 Å². The van der Waals surface area contributed by atoms with Crippen molar-refractivity contribution in [2.24, 2.45) is 0 Å². The summed E-state index contributed by atoms with van der Waals surface area (Å²) in [6.45, 7) is 3.91. The third-order valence-corrected chi connectivity index (χ3v) is 3.86. The van der Waals surface area contributed by atoms with E-state index in [9.17, 15) is 9.59 Å². The number of amides is 2. The standard InChI is InChI=1S/C17H15NO2/c1-11-6-5-9-15(12(11)2)18-16(19)10-13-7-3-4-8-14(13)17(18)20/h3-9H,10H2,1-2H3. The molecule has 1 heterocycles. The summed E-state index contributed by atoms with van der Waals surface area (Å²) in [4.78, 5) is 26.2. The summed E-state index contributed by atoms with van der Waals surface area (Å²) in [7, 11) is 0. The first-order chi connectivity index (χ1) is 9.59. The predicted molar refractivity (Wildman–Crippen MR) is 77.9 cm³/mol. The number of fused-ring (bicyclic) bond motifs is 1. The van der Waals surface area contributed by atoms with Gasteiger partial charge in [-0.25, -0.2) is 4.90 Å². The number of hydrogen-bond acceptors (Lipinski definition) is 2. The Kier molecular flexibility index (Phi) is 2.90. The molecule has 0 atom stereocenters. The summed E-state index contributed by atoms with van der Waals surface area (Å²) in [5.41, 5.74) is 4.15. The Morgan fingerprint density at radius 2 is 1.70 bits per heavy atom. The summed E-state index contributed by atoms with van der Waals surface area (Å²) in [6.07, 6.45) is 0.273. The fourth-order valence-electron chi connectivity index (χ4n) is 2.58. The second-order valence-corrected chi connectivity index (χ2v) is 5.09. The first-order valence-corrected chi connectivity index (χ1v) is 6.61. The molecule has 100 valence electrons. The highest BCUT2D eigenvalue weighted by Crippen LogP contribution is 2.29. The van der Waals surface area contributed by atoms with Crippen molar-refractivity contribution in [2.45, 2.75) is 20.3 Å². The number of benzene rings is 2. The quantitative estimate of drug-likeness (QED) is 0.743. The van der Waals surface area contributed by atoms with E-state index in [0.717, 1.165) is 16.7 Å². The highest BCUT2D eigenvalue weighted by atomic mass is 16.2. The Labute approximate surface area is 117 Å². The van der Waals surface area contributed by atoms with Gasteiger partial charge in [0.2, 0.25) is 5.91 Å². The monoisotopic (exact) mass is 265 g/mol. The topological polar surface area (TPSA) is 37.4 Å². The van der Waals surface area contributed by atoms with Crippen LogP contribution in [0.25, 0.3) is 0 Å². The lowest BCUT2D eigenvalue weighted by atomic mass is 9.97. The maximum Gasteiger partial charge on any atom is 0.265 e. The van der Waals surface area contributed by atoms with Crippen molar-refractivity contribution in [1.82, 2.24) is 0 Å². The van der Waals surface area contributed by atoms with Crippen molar-refractivity contribution in [3.63, 3.8) is 0 Å². The molecule has 0 unspecified atom stereocenters. The summed E-state index contributed by atoms with van der Waals surface area (Å²) >= 11 is 0. The molecule has 0 N–H and O–H groups in total. The van der Waals surface area contributed by atoms with E-state index in [4.69, 9.17) is 0 Å². The Balaban J connectivity index is 2.14. The normalized spacial score (nSPS) is 14.4. The smallest absolute Gasteiger partial charge is 0.265 e. The lowest BCUT2D eigenvalue weighted by Gasteiger charge is -2.28. The molecule has 3 nitrogen and oxygen atoms in total. The van der Waals surface area contributed by atoms with E-state index in [-0.39, 0.29) is 18.2 Å². The van der Waals surface area contributed by atoms with Crippen molar-refractivity contribution in [1.29, 1.82) is 0 Å². The van der Waals surface area contributed by atoms with Gasteiger partial charge in [-0.05, 0) is 42.7 Å². The molecule has 20 heavy (non-hydrogen) atoms. The van der Waals surface area contributed by atoms with Gasteiger partial charge in [0.1, 0.15) is 0 Å². The predicted octanol–water partition coefficient (Wildman–Crippen LogP) is 3.03. The number of anilines is 1. The second-order valence-electron chi connectivity index (χ2n) is 5.09. The molecule has 3 rings (SSSR count). The highest BCUT2D eigenvalue weighted by Gasteiger charge is 2.32. The number of hydrogen-bond donors (Lipinski definition) is 0. The zero-order chi connectivity index (χ0) is 14.3. The molecular weight excluding hydrogens is 250 g/mol. The third kappa shape index (κ3) is 1.83. The van der Waals surface area contributed by atoms with Crippen LogP contribution in [0.3, 0.4) is 0 Å². The molecule has 0 aromatic heterocycles. The van der Waals surface area contributed by atoms with Crippen molar-refractivity contribution in [3.8, 4) is 0 Å². The molecule has 2 aromatic carbocycles. The van der Waals surface area contributed by atoms with E-state index in [1.165, 1.54) is 4.90 Å². The van der Waals surface area contributed by atoms with Crippen molar-refractivity contribution < 1.29 is 9.59 Å². The van der Waals surface area contributed by atoms with Crippen LogP contribution in [0.1, 0.15) is 27.0 Å². The molecule has 1 aliphatic rings. The Hall–Kier alpha value is -2.42. The van der Waals surface area contributed by atoms with Gasteiger partial charge in [-0.2, -0.15) is 0 Å². The molecule has 0 radical (unpaired) electrons. The fourth-order valence-corrected chi connectivity index (χ4v) is 2.58. The molecule has 0 aliphatic carbocycles. The third-order valence-electron chi connectivity index (χ3n) is 3.86. The Bertz CT molecular complexity index is 719. The molecular formula is C17H15NO2. The molecule has 1 aliphatic heterocycles. The fraction of sp³-hybridized carbons (Fsp3) is 0.176. The van der Waals surface area contributed by atoms with Gasteiger partial charge in [0.05, 0.1) is 12.1 Å². The van der Waals surface area contributed by atoms with Gasteiger partial charge in [0.25, 0.3) is 5.91 Å². The lowest BCUT2D eigenvalue weighted by molar-refractivity contribution is -0.117. The SMILES string of the molecule is Cc1cccc(N2C(=O)Cc3ccccc3C2=O)c1C. The van der Waals surface area contributed by atoms with Crippen molar-refractivity contribution in [3.05, 3.63) is 64.7 Å². The van der Waals surface area contributed by atoms with Crippen LogP contribution >= 0.6 is 0 Å². The highest BCUT2D eigenvalue weighted by molar-refractivity contribution is 6.25. The van der Waals surface area contributed by atoms with Gasteiger partial charge in [-0.1, -0.05) is 30.3 Å². The summed E-state index contributed by atoms with van der Waals surface area (Å²) in [5, 5.41) is 0. The van der Waals surface area contributed by atoms with Crippen LogP contribution in [-0.4, -0.2) is 11.8 Å². The van der Waals surface area contributed by atoms with Crippen LogP contribution in [0, 0.1) is 13.8 Å². The van der Waals surface area contributed by atoms with Crippen LogP contribution < -0.4 is 4.90 Å². The summed E-state index contributed by atoms with van der Waals surface area (Å²) in [5.74, 6) is -0.395. The number of carbonyl (C=O) groups is 2. The van der Waals surface area contributed by atoms with Gasteiger partial charge in [0, 0.05) is 5.56 Å². The Morgan fingerprint density at radius 3 is 2.50 bits per heavy atom. The van der Waals surface area contributed by atoms with Crippen LogP contribution in [0.4, 0.5) is 5.69 Å². The number of aryl methyl sites for hydroxylation is 1. The van der Waals surface area contributed by atoms with Crippen LogP contribution in [0.2, 0.25) is 0 Å². The van der Waals surface area contributed by atoms with Crippen LogP contribution in [-0.2, 0) is 11.2 Å². The molecule has 0 spiro atoms. The average Bonchev–Trinajstić information content (AvgIpc) is 2.43. The Morgan fingerprint density at radius 1 is 0.950 bits per heavy atom. The molecule has 3 heteroatoms. The first-order valence-electron chi connectivity index (χ1n) is 6.61. The largest absolute Gasteiger partial charge is 0.274 e. The molecule has 2 amide bonds. The second kappa shape index (κ2) is 4.60. The number of rotatable bonds is 1. The van der Waals surface area contributed by atoms with Gasteiger partial charge >= 0.3 is 0 Å². The zero-order valence-corrected chi connectivity index (χ0v) is 11.5. The van der Waals surface area contributed by atoms with Gasteiger partial charge in [-0.15, -0.1) is 0 Å². The number of nitrogens with zero attached hydrogens (tertiary/aromatic N) is 1. The molecule has 2 aromatic rings. The minimum absolute atomic E-state index is 0.164. The summed E-state index contributed by atoms with van der Waals surface area (Å²) < 4.78 is 0. The van der Waals surface area contributed by atoms with Crippen molar-refractivity contribution in [2.75, 3.05) is 4.90 Å². The van der Waals surface area contributed by atoms with Crippen molar-refractivity contribution >= 4 is 17.5 Å². The lowest BCUT2D eigenvalue weighted by Crippen LogP contribution is -2.42. The van der Waals surface area contributed by atoms with Crippen LogP contribution in [0.15, 0.2) is 42.5 Å². The first kappa shape index (κ1) is 12.6. The molecule has 0 fully saturated rings. The van der Waals surface area contributed by atoms with E-state index in [2.05, 4.69) is 0 Å². The minimum atomic E-state index is -0.231. The van der Waals surface area contributed by atoms with Gasteiger partial charge < -0.3 is 0 Å². The van der Waals surface area contributed by atoms with E-state index < -0.39 is 0 Å². The molecule has 0 bridgehead atoms. The van der Waals surface area contributed by atoms with Gasteiger partial charge in [-0.3, -0.25) is 9.59 Å². The van der Waals surface area contributed by atoms with Crippen LogP contribution in [0.5, 0.6) is 0 Å². The number of imide groups is 1. The van der Waals surface area contributed by atoms with E-state index in [0.29, 0.717) is 11.3 Å². The van der Waals surface area contributed by atoms with Gasteiger partial charge in [0.15, 0.2) is 0 Å². The number of carbonyl (C=O) groups excluding carboxylic acids is 2.